The number of fused-ring (bicyclic) bond motifs is 1. The maximum absolute atomic E-state index is 12.5. The number of carbonyl (C=O) groups excluding carboxylic acids is 1. The van der Waals surface area contributed by atoms with Crippen LogP contribution in [0.1, 0.15) is 35.7 Å². The van der Waals surface area contributed by atoms with E-state index in [4.69, 9.17) is 9.36 Å². The summed E-state index contributed by atoms with van der Waals surface area (Å²) >= 11 is 0. The molecule has 1 aliphatic heterocycles. The van der Waals surface area contributed by atoms with Crippen LogP contribution in [0.5, 0.6) is 0 Å². The Kier molecular flexibility index (Phi) is 5.89. The highest BCUT2D eigenvalue weighted by Gasteiger charge is 2.39. The molecular formula is C19H22NO5P. The molecular weight excluding hydrogens is 353 g/mol. The molecule has 3 rings (SSSR count). The van der Waals surface area contributed by atoms with Gasteiger partial charge in [0.25, 0.3) is 0 Å². The number of rotatable bonds is 6. The standard InChI is InChI=1S/C19H22NO5P/c1-15(21)20(24-13-16-7-3-2-4-8-16)12-11-19-18-10-6-5-9-17(18)14-25-26(19,22)23/h2-10,19H,11-14H2,1H3,(H,22,23). The molecule has 1 amide bonds. The van der Waals surface area contributed by atoms with Crippen molar-refractivity contribution in [2.75, 3.05) is 6.54 Å². The van der Waals surface area contributed by atoms with E-state index in [0.29, 0.717) is 0 Å². The van der Waals surface area contributed by atoms with Gasteiger partial charge in [0.15, 0.2) is 0 Å². The minimum atomic E-state index is -3.79. The summed E-state index contributed by atoms with van der Waals surface area (Å²) in [6.07, 6.45) is 0.277. The first-order valence-electron chi connectivity index (χ1n) is 8.47. The highest BCUT2D eigenvalue weighted by atomic mass is 31.2. The molecule has 26 heavy (non-hydrogen) atoms. The first-order valence-corrected chi connectivity index (χ1v) is 10.1. The lowest BCUT2D eigenvalue weighted by molar-refractivity contribution is -0.189. The zero-order valence-electron chi connectivity index (χ0n) is 14.6. The summed E-state index contributed by atoms with van der Waals surface area (Å²) in [6, 6.07) is 17.0. The summed E-state index contributed by atoms with van der Waals surface area (Å²) in [6.45, 7) is 2.00. The Balaban J connectivity index is 1.68. The van der Waals surface area contributed by atoms with Gasteiger partial charge in [0.2, 0.25) is 5.91 Å². The Hall–Kier alpha value is -1.98. The van der Waals surface area contributed by atoms with Gasteiger partial charge in [0.05, 0.1) is 12.3 Å². The number of carbonyl (C=O) groups is 1. The first kappa shape index (κ1) is 18.8. The van der Waals surface area contributed by atoms with Crippen molar-refractivity contribution in [3.63, 3.8) is 0 Å². The summed E-state index contributed by atoms with van der Waals surface area (Å²) in [4.78, 5) is 27.7. The van der Waals surface area contributed by atoms with Crippen LogP contribution in [0.15, 0.2) is 54.6 Å². The molecule has 2 aromatic rings. The molecule has 0 bridgehead atoms. The second-order valence-electron chi connectivity index (χ2n) is 6.22. The van der Waals surface area contributed by atoms with Crippen molar-refractivity contribution in [3.8, 4) is 0 Å². The van der Waals surface area contributed by atoms with Crippen molar-refractivity contribution in [2.45, 2.75) is 32.2 Å². The van der Waals surface area contributed by atoms with E-state index < -0.39 is 13.3 Å². The fraction of sp³-hybridized carbons (Fsp3) is 0.316. The van der Waals surface area contributed by atoms with Gasteiger partial charge in [-0.05, 0) is 23.1 Å². The molecule has 1 N–H and O–H groups in total. The van der Waals surface area contributed by atoms with Crippen LogP contribution in [0, 0.1) is 0 Å². The zero-order valence-corrected chi connectivity index (χ0v) is 15.5. The normalized spacial score (nSPS) is 21.8. The Bertz CT molecular complexity index is 811. The molecule has 2 aromatic carbocycles. The Labute approximate surface area is 152 Å². The number of hydroxylamine groups is 2. The predicted octanol–water partition coefficient (Wildman–Crippen LogP) is 3.81. The van der Waals surface area contributed by atoms with Gasteiger partial charge in [0, 0.05) is 13.5 Å². The fourth-order valence-electron chi connectivity index (χ4n) is 3.02. The van der Waals surface area contributed by atoms with Crippen molar-refractivity contribution in [1.82, 2.24) is 5.06 Å². The molecule has 0 spiro atoms. The Morgan fingerprint density at radius 2 is 1.92 bits per heavy atom. The number of hydrogen-bond acceptors (Lipinski definition) is 4. The van der Waals surface area contributed by atoms with Crippen molar-refractivity contribution < 1.29 is 23.6 Å². The molecule has 7 heteroatoms. The Morgan fingerprint density at radius 1 is 1.23 bits per heavy atom. The topological polar surface area (TPSA) is 76.1 Å². The summed E-state index contributed by atoms with van der Waals surface area (Å²) in [5.41, 5.74) is 1.97. The van der Waals surface area contributed by atoms with Gasteiger partial charge in [-0.2, -0.15) is 0 Å². The van der Waals surface area contributed by atoms with Crippen LogP contribution in [0.2, 0.25) is 0 Å². The number of amides is 1. The molecule has 6 nitrogen and oxygen atoms in total. The molecule has 0 aliphatic carbocycles. The van der Waals surface area contributed by atoms with Gasteiger partial charge >= 0.3 is 7.60 Å². The van der Waals surface area contributed by atoms with Crippen molar-refractivity contribution in [3.05, 3.63) is 71.3 Å². The van der Waals surface area contributed by atoms with E-state index in [1.54, 1.807) is 0 Å². The largest absolute Gasteiger partial charge is 0.335 e. The van der Waals surface area contributed by atoms with E-state index in [9.17, 15) is 14.3 Å². The van der Waals surface area contributed by atoms with Gasteiger partial charge in [0.1, 0.15) is 6.61 Å². The molecule has 0 saturated heterocycles. The van der Waals surface area contributed by atoms with Crippen LogP contribution in [0.25, 0.3) is 0 Å². The van der Waals surface area contributed by atoms with E-state index in [1.165, 1.54) is 12.0 Å². The van der Waals surface area contributed by atoms with Crippen LogP contribution >= 0.6 is 7.60 Å². The highest BCUT2D eigenvalue weighted by molar-refractivity contribution is 7.53. The lowest BCUT2D eigenvalue weighted by Gasteiger charge is -2.31. The average Bonchev–Trinajstić information content (AvgIpc) is 2.63. The maximum atomic E-state index is 12.5. The van der Waals surface area contributed by atoms with E-state index in [2.05, 4.69) is 0 Å². The average molecular weight is 375 g/mol. The minimum absolute atomic E-state index is 0.126. The van der Waals surface area contributed by atoms with Crippen LogP contribution in [-0.4, -0.2) is 22.4 Å². The second kappa shape index (κ2) is 8.14. The van der Waals surface area contributed by atoms with E-state index in [0.717, 1.165) is 16.7 Å². The lowest BCUT2D eigenvalue weighted by Crippen LogP contribution is -2.31. The molecule has 0 aromatic heterocycles. The van der Waals surface area contributed by atoms with Crippen LogP contribution < -0.4 is 0 Å². The monoisotopic (exact) mass is 375 g/mol. The van der Waals surface area contributed by atoms with Gasteiger partial charge < -0.3 is 9.42 Å². The van der Waals surface area contributed by atoms with Crippen LogP contribution in [-0.2, 0) is 31.9 Å². The molecule has 0 radical (unpaired) electrons. The molecule has 2 atom stereocenters. The zero-order chi connectivity index (χ0) is 18.6. The quantitative estimate of drug-likeness (QED) is 0.614. The fourth-order valence-corrected chi connectivity index (χ4v) is 4.57. The van der Waals surface area contributed by atoms with Crippen molar-refractivity contribution >= 4 is 13.5 Å². The van der Waals surface area contributed by atoms with Gasteiger partial charge in [-0.25, -0.2) is 5.06 Å². The lowest BCUT2D eigenvalue weighted by atomic mass is 10.0. The molecule has 138 valence electrons. The van der Waals surface area contributed by atoms with Gasteiger partial charge in [-0.3, -0.25) is 14.2 Å². The number of nitrogens with zero attached hydrogens (tertiary/aromatic N) is 1. The summed E-state index contributed by atoms with van der Waals surface area (Å²) in [7, 11) is -3.79. The molecule has 1 heterocycles. The smallest absolute Gasteiger partial charge is 0.324 e. The summed E-state index contributed by atoms with van der Waals surface area (Å²) in [5, 5.41) is 1.24. The molecule has 2 unspecified atom stereocenters. The summed E-state index contributed by atoms with van der Waals surface area (Å²) in [5.74, 6) is -0.251. The number of benzene rings is 2. The minimum Gasteiger partial charge on any atom is -0.324 e. The first-order chi connectivity index (χ1) is 12.5. The van der Waals surface area contributed by atoms with Crippen LogP contribution in [0.4, 0.5) is 0 Å². The third-order valence-corrected chi connectivity index (χ3v) is 6.22. The predicted molar refractivity (Wildman–Crippen MR) is 97.0 cm³/mol. The van der Waals surface area contributed by atoms with Crippen molar-refractivity contribution in [2.24, 2.45) is 0 Å². The molecule has 0 saturated carbocycles. The second-order valence-corrected chi connectivity index (χ2v) is 8.23. The highest BCUT2D eigenvalue weighted by Crippen LogP contribution is 2.61. The molecule has 1 aliphatic rings. The van der Waals surface area contributed by atoms with E-state index in [-0.39, 0.29) is 32.1 Å². The van der Waals surface area contributed by atoms with Crippen LogP contribution in [0.3, 0.4) is 0 Å². The number of hydrogen-bond donors (Lipinski definition) is 1. The van der Waals surface area contributed by atoms with Gasteiger partial charge in [-0.15, -0.1) is 0 Å². The SMILES string of the molecule is CC(=O)N(CCC1c2ccccc2COP1(=O)O)OCc1ccccc1. The summed E-state index contributed by atoms with van der Waals surface area (Å²) < 4.78 is 17.7. The van der Waals surface area contributed by atoms with Crippen molar-refractivity contribution in [1.29, 1.82) is 0 Å². The Morgan fingerprint density at radius 3 is 2.65 bits per heavy atom. The van der Waals surface area contributed by atoms with E-state index in [1.807, 2.05) is 54.6 Å². The van der Waals surface area contributed by atoms with Gasteiger partial charge in [-0.1, -0.05) is 54.6 Å². The maximum Gasteiger partial charge on any atom is 0.335 e. The molecule has 0 fully saturated rings. The van der Waals surface area contributed by atoms with E-state index >= 15 is 0 Å². The third-order valence-electron chi connectivity index (χ3n) is 4.40. The third kappa shape index (κ3) is 4.40.